The molecule has 0 radical (unpaired) electrons. The predicted octanol–water partition coefficient (Wildman–Crippen LogP) is 5.60. The molecule has 0 unspecified atom stereocenters. The smallest absolute Gasteiger partial charge is 0.330 e. The lowest BCUT2D eigenvalue weighted by Gasteiger charge is -2.14. The first-order valence-corrected chi connectivity index (χ1v) is 11.5. The Morgan fingerprint density at radius 3 is 2.83 bits per heavy atom. The predicted molar refractivity (Wildman–Crippen MR) is 138 cm³/mol. The van der Waals surface area contributed by atoms with E-state index in [0.29, 0.717) is 30.6 Å². The molecule has 0 spiro atoms. The number of ether oxygens (including phenoxy) is 1. The van der Waals surface area contributed by atoms with Crippen molar-refractivity contribution in [2.24, 2.45) is 7.05 Å². The topological polar surface area (TPSA) is 94.0 Å². The summed E-state index contributed by atoms with van der Waals surface area (Å²) < 4.78 is 20.4. The van der Waals surface area contributed by atoms with E-state index in [4.69, 9.17) is 16.3 Å². The van der Waals surface area contributed by atoms with Crippen LogP contribution >= 0.6 is 11.6 Å². The Labute approximate surface area is 212 Å². The normalized spacial score (nSPS) is 11.0. The number of hydrogen-bond donors (Lipinski definition) is 2. The molecule has 0 saturated heterocycles. The first-order chi connectivity index (χ1) is 17.4. The summed E-state index contributed by atoms with van der Waals surface area (Å²) in [6.07, 6.45) is 8.28. The number of anilines is 3. The van der Waals surface area contributed by atoms with Crippen molar-refractivity contribution in [3.8, 4) is 11.1 Å². The fraction of sp³-hybridized carbons (Fsp3) is 0.154. The van der Waals surface area contributed by atoms with Crippen LogP contribution < -0.4 is 10.6 Å². The Balaban J connectivity index is 1.65. The van der Waals surface area contributed by atoms with Crippen LogP contribution in [0, 0.1) is 5.82 Å². The Kier molecular flexibility index (Phi) is 7.92. The highest BCUT2D eigenvalue weighted by Gasteiger charge is 2.12. The van der Waals surface area contributed by atoms with Crippen LogP contribution in [0.15, 0.2) is 67.3 Å². The summed E-state index contributed by atoms with van der Waals surface area (Å²) in [4.78, 5) is 25.0. The average Bonchev–Trinajstić information content (AvgIpc) is 3.29. The van der Waals surface area contributed by atoms with E-state index < -0.39 is 11.8 Å². The molecule has 8 nitrogen and oxygen atoms in total. The molecule has 2 aromatic carbocycles. The van der Waals surface area contributed by atoms with Gasteiger partial charge < -0.3 is 19.9 Å². The van der Waals surface area contributed by atoms with Crippen LogP contribution in [0.5, 0.6) is 0 Å². The maximum Gasteiger partial charge on any atom is 0.330 e. The second-order valence-electron chi connectivity index (χ2n) is 7.77. The van der Waals surface area contributed by atoms with Crippen molar-refractivity contribution in [3.05, 3.63) is 89.4 Å². The molecule has 36 heavy (non-hydrogen) atoms. The molecule has 0 bridgehead atoms. The number of esters is 1. The van der Waals surface area contributed by atoms with Crippen molar-refractivity contribution >= 4 is 41.1 Å². The highest BCUT2D eigenvalue weighted by Crippen LogP contribution is 2.29. The third kappa shape index (κ3) is 6.25. The van der Waals surface area contributed by atoms with Crippen molar-refractivity contribution in [2.75, 3.05) is 17.2 Å². The quantitative estimate of drug-likeness (QED) is 0.225. The molecule has 4 aromatic rings. The summed E-state index contributed by atoms with van der Waals surface area (Å²) >= 11 is 5.90. The van der Waals surface area contributed by atoms with Gasteiger partial charge in [-0.1, -0.05) is 29.8 Å². The number of rotatable bonds is 9. The third-order valence-corrected chi connectivity index (χ3v) is 5.50. The molecule has 0 aliphatic carbocycles. The van der Waals surface area contributed by atoms with Gasteiger partial charge in [0, 0.05) is 36.8 Å². The first kappa shape index (κ1) is 24.9. The summed E-state index contributed by atoms with van der Waals surface area (Å²) in [5.74, 6) is -0.0179. The number of carbonyl (C=O) groups is 1. The van der Waals surface area contributed by atoms with Gasteiger partial charge in [0.15, 0.2) is 0 Å². The van der Waals surface area contributed by atoms with Gasteiger partial charge in [-0.2, -0.15) is 4.98 Å². The van der Waals surface area contributed by atoms with Crippen molar-refractivity contribution in [2.45, 2.75) is 13.5 Å². The average molecular weight is 507 g/mol. The minimum absolute atomic E-state index is 0.00105. The second-order valence-corrected chi connectivity index (χ2v) is 8.18. The molecule has 2 N–H and O–H groups in total. The zero-order valence-corrected chi connectivity index (χ0v) is 20.5. The van der Waals surface area contributed by atoms with Crippen LogP contribution in [0.3, 0.4) is 0 Å². The van der Waals surface area contributed by atoms with E-state index in [-0.39, 0.29) is 5.02 Å². The number of halogens is 2. The summed E-state index contributed by atoms with van der Waals surface area (Å²) in [5, 5.41) is 6.42. The molecule has 184 valence electrons. The van der Waals surface area contributed by atoms with Crippen molar-refractivity contribution in [1.29, 1.82) is 0 Å². The van der Waals surface area contributed by atoms with E-state index in [2.05, 4.69) is 25.6 Å². The molecule has 2 aromatic heterocycles. The molecule has 4 rings (SSSR count). The van der Waals surface area contributed by atoms with Gasteiger partial charge in [-0.3, -0.25) is 0 Å². The lowest BCUT2D eigenvalue weighted by molar-refractivity contribution is -0.137. The largest absolute Gasteiger partial charge is 0.463 e. The molecular formula is C26H24ClFN6O2. The van der Waals surface area contributed by atoms with Gasteiger partial charge in [-0.25, -0.2) is 19.2 Å². The fourth-order valence-corrected chi connectivity index (χ4v) is 3.57. The van der Waals surface area contributed by atoms with Crippen LogP contribution in [0.25, 0.3) is 17.2 Å². The van der Waals surface area contributed by atoms with Crippen molar-refractivity contribution in [1.82, 2.24) is 19.5 Å². The Morgan fingerprint density at radius 2 is 2.08 bits per heavy atom. The molecular weight excluding hydrogens is 483 g/mol. The molecule has 0 aliphatic rings. The van der Waals surface area contributed by atoms with Crippen LogP contribution in [-0.4, -0.2) is 32.1 Å². The number of nitrogens with one attached hydrogen (secondary N) is 2. The lowest BCUT2D eigenvalue weighted by Crippen LogP contribution is -2.08. The number of benzene rings is 2. The molecule has 0 amide bonds. The van der Waals surface area contributed by atoms with E-state index in [1.807, 2.05) is 35.9 Å². The fourth-order valence-electron chi connectivity index (χ4n) is 3.38. The van der Waals surface area contributed by atoms with E-state index in [0.717, 1.165) is 22.4 Å². The number of aryl methyl sites for hydroxylation is 1. The number of aromatic nitrogens is 4. The third-order valence-electron chi connectivity index (χ3n) is 5.21. The van der Waals surface area contributed by atoms with Gasteiger partial charge in [-0.15, -0.1) is 0 Å². The molecule has 0 aliphatic heterocycles. The van der Waals surface area contributed by atoms with E-state index in [9.17, 15) is 9.18 Å². The highest BCUT2D eigenvalue weighted by molar-refractivity contribution is 6.31. The van der Waals surface area contributed by atoms with Gasteiger partial charge in [0.05, 0.1) is 30.2 Å². The van der Waals surface area contributed by atoms with E-state index in [1.54, 1.807) is 37.8 Å². The maximum atomic E-state index is 13.5. The van der Waals surface area contributed by atoms with Crippen molar-refractivity contribution in [3.63, 3.8) is 0 Å². The SMILES string of the molecule is CCOC(=O)C=Cc1cccc(-c2cnc(Nc3ccc(F)c(Cl)c3)nc2NCc2cncn2C)c1. The number of imidazole rings is 1. The van der Waals surface area contributed by atoms with E-state index in [1.165, 1.54) is 18.2 Å². The van der Waals surface area contributed by atoms with E-state index >= 15 is 0 Å². The maximum absolute atomic E-state index is 13.5. The zero-order chi connectivity index (χ0) is 25.5. The Hall–Kier alpha value is -4.24. The number of carbonyl (C=O) groups excluding carboxylic acids is 1. The molecule has 0 atom stereocenters. The molecule has 2 heterocycles. The molecule has 0 saturated carbocycles. The molecule has 0 fully saturated rings. The first-order valence-electron chi connectivity index (χ1n) is 11.2. The van der Waals surface area contributed by atoms with Gasteiger partial charge in [-0.05, 0) is 48.4 Å². The summed E-state index contributed by atoms with van der Waals surface area (Å²) in [6.45, 7) is 2.55. The highest BCUT2D eigenvalue weighted by atomic mass is 35.5. The standard InChI is InChI=1S/C26H24ClFN6O2/c1-3-36-24(35)10-7-17-5-4-6-18(11-17)21-15-31-26(32-19-8-9-23(28)22(27)12-19)33-25(21)30-14-20-13-29-16-34(20)2/h4-13,15-16H,3,14H2,1-2H3,(H2,30,31,32,33). The van der Waals surface area contributed by atoms with Crippen molar-refractivity contribution < 1.29 is 13.9 Å². The zero-order valence-electron chi connectivity index (χ0n) is 19.7. The summed E-state index contributed by atoms with van der Waals surface area (Å²) in [7, 11) is 1.91. The molecule has 10 heteroatoms. The second kappa shape index (κ2) is 11.5. The van der Waals surface area contributed by atoms with Gasteiger partial charge in [0.2, 0.25) is 5.95 Å². The van der Waals surface area contributed by atoms with Gasteiger partial charge in [0.1, 0.15) is 11.6 Å². The Morgan fingerprint density at radius 1 is 1.22 bits per heavy atom. The summed E-state index contributed by atoms with van der Waals surface area (Å²) in [5.41, 5.74) is 3.95. The Bertz CT molecular complexity index is 1400. The van der Waals surface area contributed by atoms with Crippen LogP contribution in [-0.2, 0) is 23.1 Å². The minimum atomic E-state index is -0.506. The number of nitrogens with zero attached hydrogens (tertiary/aromatic N) is 4. The van der Waals surface area contributed by atoms with Crippen LogP contribution in [0.1, 0.15) is 18.2 Å². The van der Waals surface area contributed by atoms with Crippen LogP contribution in [0.2, 0.25) is 5.02 Å². The summed E-state index contributed by atoms with van der Waals surface area (Å²) in [6, 6.07) is 11.9. The minimum Gasteiger partial charge on any atom is -0.463 e. The lowest BCUT2D eigenvalue weighted by atomic mass is 10.0. The van der Waals surface area contributed by atoms with Crippen LogP contribution in [0.4, 0.5) is 21.8 Å². The number of hydrogen-bond acceptors (Lipinski definition) is 7. The van der Waals surface area contributed by atoms with Gasteiger partial charge >= 0.3 is 5.97 Å². The van der Waals surface area contributed by atoms with Gasteiger partial charge in [0.25, 0.3) is 0 Å². The monoisotopic (exact) mass is 506 g/mol.